The Morgan fingerprint density at radius 1 is 1.15 bits per heavy atom. The average Bonchev–Trinajstić information content (AvgIpc) is 3.09. The molecule has 3 aromatic rings. The van der Waals surface area contributed by atoms with Gasteiger partial charge in [-0.25, -0.2) is 9.78 Å². The molecule has 3 heterocycles. The first-order valence-corrected chi connectivity index (χ1v) is 12.4. The van der Waals surface area contributed by atoms with Crippen molar-refractivity contribution in [1.82, 2.24) is 19.1 Å². The molecule has 0 unspecified atom stereocenters. The summed E-state index contributed by atoms with van der Waals surface area (Å²) in [6, 6.07) is 0. The van der Waals surface area contributed by atoms with E-state index < -0.39 is 11.2 Å². The quantitative estimate of drug-likeness (QED) is 0.450. The number of aryl methyl sites for hydroxylation is 3. The number of amides is 1. The molecule has 0 atom stereocenters. The molecule has 3 N–H and O–H groups in total. The summed E-state index contributed by atoms with van der Waals surface area (Å²) in [5, 5.41) is 0.573. The summed E-state index contributed by atoms with van der Waals surface area (Å²) in [7, 11) is 0. The first kappa shape index (κ1) is 25.4. The van der Waals surface area contributed by atoms with Crippen LogP contribution in [0.4, 0.5) is 11.5 Å². The van der Waals surface area contributed by atoms with Gasteiger partial charge in [0, 0.05) is 30.9 Å². The number of nitrogens with zero attached hydrogens (tertiary/aromatic N) is 4. The Labute approximate surface area is 201 Å². The molecule has 3 aromatic heterocycles. The highest BCUT2D eigenvalue weighted by Crippen LogP contribution is 2.25. The first-order chi connectivity index (χ1) is 16.2. The van der Waals surface area contributed by atoms with E-state index in [-0.39, 0.29) is 42.5 Å². The monoisotopic (exact) mass is 488 g/mol. The number of thiophene rings is 1. The van der Waals surface area contributed by atoms with Crippen LogP contribution in [0.3, 0.4) is 0 Å². The topological polar surface area (TPSA) is 136 Å². The van der Waals surface area contributed by atoms with Crippen LogP contribution in [-0.4, -0.2) is 31.6 Å². The van der Waals surface area contributed by atoms with Gasteiger partial charge in [-0.2, -0.15) is 0 Å². The highest BCUT2D eigenvalue weighted by atomic mass is 32.1. The lowest BCUT2D eigenvalue weighted by Crippen LogP contribution is -2.42. The molecule has 0 radical (unpaired) electrons. The predicted octanol–water partition coefficient (Wildman–Crippen LogP) is 2.53. The van der Waals surface area contributed by atoms with E-state index in [1.807, 2.05) is 27.7 Å². The number of unbranched alkanes of at least 4 members (excludes halogenated alkanes) is 2. The summed E-state index contributed by atoms with van der Waals surface area (Å²) in [5.41, 5.74) is 5.65. The molecular weight excluding hydrogens is 456 g/mol. The highest BCUT2D eigenvalue weighted by Gasteiger charge is 2.24. The summed E-state index contributed by atoms with van der Waals surface area (Å²) >= 11 is 1.47. The fraction of sp³-hybridized carbons (Fsp3) is 0.522. The van der Waals surface area contributed by atoms with Crippen LogP contribution in [0.15, 0.2) is 20.7 Å². The summed E-state index contributed by atoms with van der Waals surface area (Å²) in [5.74, 6) is -0.368. The molecule has 0 aliphatic carbocycles. The van der Waals surface area contributed by atoms with Crippen molar-refractivity contribution < 1.29 is 4.79 Å². The van der Waals surface area contributed by atoms with E-state index in [2.05, 4.69) is 9.97 Å². The lowest BCUT2D eigenvalue weighted by molar-refractivity contribution is -0.118. The van der Waals surface area contributed by atoms with Gasteiger partial charge in [-0.1, -0.05) is 26.7 Å². The van der Waals surface area contributed by atoms with Crippen molar-refractivity contribution in [1.29, 1.82) is 0 Å². The van der Waals surface area contributed by atoms with Crippen molar-refractivity contribution >= 4 is 39.0 Å². The normalized spacial score (nSPS) is 11.3. The van der Waals surface area contributed by atoms with Crippen molar-refractivity contribution in [3.63, 3.8) is 0 Å². The fourth-order valence-corrected chi connectivity index (χ4v) is 4.82. The summed E-state index contributed by atoms with van der Waals surface area (Å²) < 4.78 is 2.73. The van der Waals surface area contributed by atoms with E-state index in [1.54, 1.807) is 0 Å². The summed E-state index contributed by atoms with van der Waals surface area (Å²) in [4.78, 5) is 61.0. The third-order valence-electron chi connectivity index (χ3n) is 5.98. The maximum absolute atomic E-state index is 13.3. The van der Waals surface area contributed by atoms with E-state index in [0.29, 0.717) is 29.6 Å². The number of fused-ring (bicyclic) bond motifs is 1. The maximum atomic E-state index is 13.3. The van der Waals surface area contributed by atoms with Gasteiger partial charge in [0.05, 0.1) is 11.7 Å². The third kappa shape index (κ3) is 4.98. The minimum Gasteiger partial charge on any atom is -0.383 e. The van der Waals surface area contributed by atoms with Crippen LogP contribution in [0.1, 0.15) is 56.4 Å². The molecule has 3 rings (SSSR count). The molecule has 184 valence electrons. The SMILES string of the molecule is CCCCN(C(=O)CCn1cnc2sc(C)c(C)c2c1=O)c1c(N)n(CCCC)c(=O)[nH]c1=O. The number of aromatic amines is 1. The molecule has 0 saturated carbocycles. The number of carbonyl (C=O) groups is 1. The number of nitrogen functional groups attached to an aromatic ring is 1. The summed E-state index contributed by atoms with van der Waals surface area (Å²) in [6.07, 6.45) is 4.43. The van der Waals surface area contributed by atoms with Crippen molar-refractivity contribution in [2.24, 2.45) is 0 Å². The van der Waals surface area contributed by atoms with Gasteiger partial charge in [-0.3, -0.25) is 28.5 Å². The zero-order valence-electron chi connectivity index (χ0n) is 20.1. The van der Waals surface area contributed by atoms with E-state index in [4.69, 9.17) is 5.73 Å². The largest absolute Gasteiger partial charge is 0.383 e. The van der Waals surface area contributed by atoms with Gasteiger partial charge < -0.3 is 10.6 Å². The molecule has 34 heavy (non-hydrogen) atoms. The Morgan fingerprint density at radius 2 is 1.85 bits per heavy atom. The fourth-order valence-electron chi connectivity index (χ4n) is 3.83. The molecule has 0 spiro atoms. The molecule has 0 aromatic carbocycles. The van der Waals surface area contributed by atoms with Crippen molar-refractivity contribution in [3.8, 4) is 0 Å². The second kappa shape index (κ2) is 10.8. The standard InChI is InChI=1S/C23H32N6O4S/c1-5-7-10-28(18-19(24)29(11-8-6-2)23(33)26-20(18)31)16(30)9-12-27-13-25-21-17(22(27)32)14(3)15(4)34-21/h13H,5-12,24H2,1-4H3,(H,26,31,33). The molecule has 0 fully saturated rings. The number of nitrogens with one attached hydrogen (secondary N) is 1. The van der Waals surface area contributed by atoms with Crippen LogP contribution in [0.25, 0.3) is 10.2 Å². The second-order valence-electron chi connectivity index (χ2n) is 8.35. The van der Waals surface area contributed by atoms with Crippen LogP contribution in [0.2, 0.25) is 0 Å². The highest BCUT2D eigenvalue weighted by molar-refractivity contribution is 7.18. The molecule has 0 aliphatic heterocycles. The van der Waals surface area contributed by atoms with Gasteiger partial charge in [0.15, 0.2) is 5.69 Å². The number of carbonyl (C=O) groups excluding carboxylic acids is 1. The van der Waals surface area contributed by atoms with Gasteiger partial charge in [-0.05, 0) is 32.3 Å². The molecule has 0 aliphatic rings. The Hall–Kier alpha value is -3.21. The zero-order chi connectivity index (χ0) is 25.0. The summed E-state index contributed by atoms with van der Waals surface area (Å²) in [6.45, 7) is 8.54. The average molecular weight is 489 g/mol. The smallest absolute Gasteiger partial charge is 0.330 e. The Balaban J connectivity index is 1.93. The number of H-pyrrole nitrogens is 1. The third-order valence-corrected chi connectivity index (χ3v) is 7.09. The number of aromatic nitrogens is 4. The van der Waals surface area contributed by atoms with Crippen molar-refractivity contribution in [2.75, 3.05) is 17.2 Å². The number of hydrogen-bond acceptors (Lipinski definition) is 7. The second-order valence-corrected chi connectivity index (χ2v) is 9.56. The van der Waals surface area contributed by atoms with E-state index in [9.17, 15) is 19.2 Å². The molecular formula is C23H32N6O4S. The van der Waals surface area contributed by atoms with Gasteiger partial charge >= 0.3 is 5.69 Å². The molecule has 0 saturated heterocycles. The maximum Gasteiger partial charge on any atom is 0.330 e. The molecule has 0 bridgehead atoms. The lowest BCUT2D eigenvalue weighted by Gasteiger charge is -2.24. The van der Waals surface area contributed by atoms with Gasteiger partial charge in [0.1, 0.15) is 10.6 Å². The Morgan fingerprint density at radius 3 is 2.53 bits per heavy atom. The van der Waals surface area contributed by atoms with Crippen LogP contribution in [0.5, 0.6) is 0 Å². The number of anilines is 2. The van der Waals surface area contributed by atoms with Crippen LogP contribution >= 0.6 is 11.3 Å². The Bertz CT molecular complexity index is 1370. The van der Waals surface area contributed by atoms with E-state index >= 15 is 0 Å². The van der Waals surface area contributed by atoms with Gasteiger partial charge in [0.25, 0.3) is 11.1 Å². The minimum atomic E-state index is -0.690. The number of nitrogens with two attached hydrogens (primary N) is 1. The van der Waals surface area contributed by atoms with Crippen LogP contribution < -0.4 is 27.4 Å². The molecule has 1 amide bonds. The molecule has 10 nitrogen and oxygen atoms in total. The minimum absolute atomic E-state index is 0.0145. The van der Waals surface area contributed by atoms with E-state index in [1.165, 1.54) is 31.7 Å². The lowest BCUT2D eigenvalue weighted by atomic mass is 10.2. The van der Waals surface area contributed by atoms with E-state index in [0.717, 1.165) is 23.3 Å². The zero-order valence-corrected chi connectivity index (χ0v) is 21.0. The first-order valence-electron chi connectivity index (χ1n) is 11.6. The van der Waals surface area contributed by atoms with Crippen molar-refractivity contribution in [3.05, 3.63) is 48.0 Å². The number of rotatable bonds is 10. The predicted molar refractivity (Wildman–Crippen MR) is 136 cm³/mol. The van der Waals surface area contributed by atoms with Crippen LogP contribution in [0, 0.1) is 13.8 Å². The number of hydrogen-bond donors (Lipinski definition) is 2. The Kier molecular flexibility index (Phi) is 8.08. The van der Waals surface area contributed by atoms with Gasteiger partial charge in [0.2, 0.25) is 5.91 Å². The van der Waals surface area contributed by atoms with Gasteiger partial charge in [-0.15, -0.1) is 11.3 Å². The van der Waals surface area contributed by atoms with Crippen LogP contribution in [-0.2, 0) is 17.9 Å². The molecule has 11 heteroatoms. The van der Waals surface area contributed by atoms with Crippen molar-refractivity contribution in [2.45, 2.75) is 72.9 Å².